The van der Waals surface area contributed by atoms with Crippen molar-refractivity contribution in [3.8, 4) is 11.1 Å². The molecule has 2 aliphatic rings. The van der Waals surface area contributed by atoms with Crippen molar-refractivity contribution < 1.29 is 23.8 Å². The predicted octanol–water partition coefficient (Wildman–Crippen LogP) is 4.43. The molecule has 0 spiro atoms. The average Bonchev–Trinajstić information content (AvgIpc) is 3.47. The number of Topliss-reactive ketones (excluding diaryl/α,β-unsaturated/α-hetero) is 1. The number of anilines is 1. The molecule has 2 saturated heterocycles. The highest BCUT2D eigenvalue weighted by Gasteiger charge is 2.49. The predicted molar refractivity (Wildman–Crippen MR) is 132 cm³/mol. The zero-order valence-electron chi connectivity index (χ0n) is 19.5. The number of nitrogens with one attached hydrogen (secondary N) is 2. The number of hydrogen-bond acceptors (Lipinski definition) is 6. The second-order valence-electron chi connectivity index (χ2n) is 8.85. The molecule has 0 aromatic heterocycles. The maximum atomic E-state index is 12.4. The topological polar surface area (TPSA) is 85.9 Å². The van der Waals surface area contributed by atoms with E-state index in [2.05, 4.69) is 47.0 Å². The third-order valence-electron chi connectivity index (χ3n) is 6.43. The smallest absolute Gasteiger partial charge is 0.412 e. The molecule has 7 nitrogen and oxygen atoms in total. The monoisotopic (exact) mass is 472 g/mol. The van der Waals surface area contributed by atoms with Crippen LogP contribution in [0, 0.1) is 0 Å². The molecule has 35 heavy (non-hydrogen) atoms. The van der Waals surface area contributed by atoms with Gasteiger partial charge < -0.3 is 19.5 Å². The van der Waals surface area contributed by atoms with E-state index >= 15 is 0 Å². The largest absolute Gasteiger partial charge is 0.441 e. The minimum absolute atomic E-state index is 0.0181. The first-order valence-corrected chi connectivity index (χ1v) is 11.8. The lowest BCUT2D eigenvalue weighted by molar-refractivity contribution is 0.00854. The summed E-state index contributed by atoms with van der Waals surface area (Å²) in [6.45, 7) is 2.97. The molecule has 1 amide bonds. The quantitative estimate of drug-likeness (QED) is 0.495. The second kappa shape index (κ2) is 10.4. The van der Waals surface area contributed by atoms with Gasteiger partial charge in [-0.05, 0) is 47.9 Å². The van der Waals surface area contributed by atoms with E-state index in [0.29, 0.717) is 24.4 Å². The fraction of sp³-hybridized carbons (Fsp3) is 0.286. The number of rotatable bonds is 7. The van der Waals surface area contributed by atoms with Crippen LogP contribution in [0.15, 0.2) is 78.9 Å². The third-order valence-corrected chi connectivity index (χ3v) is 6.43. The minimum atomic E-state index is -0.576. The second-order valence-corrected chi connectivity index (χ2v) is 8.85. The maximum absolute atomic E-state index is 12.4. The Morgan fingerprint density at radius 2 is 1.54 bits per heavy atom. The van der Waals surface area contributed by atoms with E-state index in [4.69, 9.17) is 14.2 Å². The van der Waals surface area contributed by atoms with Crippen LogP contribution in [0.2, 0.25) is 0 Å². The van der Waals surface area contributed by atoms with Crippen LogP contribution in [-0.4, -0.2) is 49.4 Å². The first-order chi connectivity index (χ1) is 17.1. The van der Waals surface area contributed by atoms with Gasteiger partial charge >= 0.3 is 6.09 Å². The summed E-state index contributed by atoms with van der Waals surface area (Å²) in [7, 11) is 0. The van der Waals surface area contributed by atoms with E-state index in [1.54, 1.807) is 24.3 Å². The number of fused-ring (bicyclic) bond motifs is 1. The van der Waals surface area contributed by atoms with Crippen molar-refractivity contribution in [2.45, 2.75) is 37.8 Å². The Morgan fingerprint density at radius 1 is 0.857 bits per heavy atom. The van der Waals surface area contributed by atoms with Gasteiger partial charge in [0.1, 0.15) is 12.2 Å². The van der Waals surface area contributed by atoms with Crippen molar-refractivity contribution in [2.75, 3.05) is 18.5 Å². The van der Waals surface area contributed by atoms with Crippen molar-refractivity contribution in [2.24, 2.45) is 0 Å². The summed E-state index contributed by atoms with van der Waals surface area (Å²) in [5.41, 5.74) is 4.70. The summed E-state index contributed by atoms with van der Waals surface area (Å²) in [5.74, 6) is -0.0287. The number of carbonyl (C=O) groups is 2. The first kappa shape index (κ1) is 23.2. The van der Waals surface area contributed by atoms with Crippen LogP contribution in [0.25, 0.3) is 11.1 Å². The molecule has 2 aliphatic heterocycles. The van der Waals surface area contributed by atoms with Gasteiger partial charge in [-0.15, -0.1) is 0 Å². The maximum Gasteiger partial charge on any atom is 0.412 e. The summed E-state index contributed by atoms with van der Waals surface area (Å²) in [4.78, 5) is 23.8. The Bertz CT molecular complexity index is 1160. The van der Waals surface area contributed by atoms with Crippen molar-refractivity contribution >= 4 is 17.6 Å². The molecule has 5 rings (SSSR count). The summed E-state index contributed by atoms with van der Waals surface area (Å²) < 4.78 is 17.4. The summed E-state index contributed by atoms with van der Waals surface area (Å²) in [6.07, 6.45) is -1.54. The molecule has 0 saturated carbocycles. The van der Waals surface area contributed by atoms with Gasteiger partial charge in [-0.3, -0.25) is 10.1 Å². The SMILES string of the molecule is CC(=O)c1ccc(NC(=O)OC2COC3C(NCc4ccc(-c5ccccc5)cc4)COC23)cc1. The van der Waals surface area contributed by atoms with E-state index in [9.17, 15) is 9.59 Å². The Kier molecular flexibility index (Phi) is 6.90. The van der Waals surface area contributed by atoms with Crippen LogP contribution in [0.5, 0.6) is 0 Å². The average molecular weight is 473 g/mol. The van der Waals surface area contributed by atoms with Gasteiger partial charge in [-0.2, -0.15) is 0 Å². The number of ether oxygens (including phenoxy) is 3. The molecule has 3 aromatic carbocycles. The van der Waals surface area contributed by atoms with E-state index in [1.165, 1.54) is 23.6 Å². The lowest BCUT2D eigenvalue weighted by atomic mass is 10.0. The van der Waals surface area contributed by atoms with Gasteiger partial charge in [-0.1, -0.05) is 54.6 Å². The molecule has 0 aliphatic carbocycles. The van der Waals surface area contributed by atoms with Gasteiger partial charge in [-0.25, -0.2) is 4.79 Å². The van der Waals surface area contributed by atoms with E-state index in [-0.39, 0.29) is 30.6 Å². The molecule has 7 heteroatoms. The van der Waals surface area contributed by atoms with Gasteiger partial charge in [0.15, 0.2) is 11.9 Å². The number of amides is 1. The van der Waals surface area contributed by atoms with Crippen LogP contribution in [0.3, 0.4) is 0 Å². The first-order valence-electron chi connectivity index (χ1n) is 11.8. The van der Waals surface area contributed by atoms with Gasteiger partial charge in [0.25, 0.3) is 0 Å². The van der Waals surface area contributed by atoms with Crippen LogP contribution in [-0.2, 0) is 20.8 Å². The Hall–Kier alpha value is -3.52. The highest BCUT2D eigenvalue weighted by molar-refractivity contribution is 5.95. The number of hydrogen-bond donors (Lipinski definition) is 2. The highest BCUT2D eigenvalue weighted by atomic mass is 16.6. The fourth-order valence-corrected chi connectivity index (χ4v) is 4.51. The lowest BCUT2D eigenvalue weighted by Crippen LogP contribution is -2.41. The fourth-order valence-electron chi connectivity index (χ4n) is 4.51. The molecule has 2 heterocycles. The number of benzene rings is 3. The summed E-state index contributed by atoms with van der Waals surface area (Å²) >= 11 is 0. The lowest BCUT2D eigenvalue weighted by Gasteiger charge is -2.18. The normalized spacial score (nSPS) is 23.0. The van der Waals surface area contributed by atoms with Gasteiger partial charge in [0.2, 0.25) is 0 Å². The molecular weight excluding hydrogens is 444 g/mol. The molecular formula is C28H28N2O5. The molecule has 2 N–H and O–H groups in total. The van der Waals surface area contributed by atoms with E-state index in [0.717, 1.165) is 0 Å². The molecule has 3 aromatic rings. The summed E-state index contributed by atoms with van der Waals surface area (Å²) in [6, 6.07) is 25.5. The zero-order valence-corrected chi connectivity index (χ0v) is 19.5. The summed E-state index contributed by atoms with van der Waals surface area (Å²) in [5, 5.41) is 6.21. The number of carbonyl (C=O) groups excluding carboxylic acids is 2. The third kappa shape index (κ3) is 5.43. The molecule has 0 radical (unpaired) electrons. The number of ketones is 1. The molecule has 2 fully saturated rings. The van der Waals surface area contributed by atoms with Gasteiger partial charge in [0, 0.05) is 17.8 Å². The van der Waals surface area contributed by atoms with Gasteiger partial charge in [0.05, 0.1) is 19.3 Å². The molecule has 4 atom stereocenters. The van der Waals surface area contributed by atoms with Crippen LogP contribution in [0.4, 0.5) is 10.5 Å². The van der Waals surface area contributed by atoms with Crippen molar-refractivity contribution in [1.82, 2.24) is 5.32 Å². The Balaban J connectivity index is 1.11. The molecule has 0 bridgehead atoms. The van der Waals surface area contributed by atoms with Crippen molar-refractivity contribution in [1.29, 1.82) is 0 Å². The standard InChI is InChI=1S/C28H28N2O5/c1-18(31)20-11-13-23(14-12-20)30-28(32)35-25-17-34-26-24(16-33-27(25)26)29-15-19-7-9-22(10-8-19)21-5-3-2-4-6-21/h2-14,24-27,29H,15-17H2,1H3,(H,30,32). The van der Waals surface area contributed by atoms with Crippen LogP contribution < -0.4 is 10.6 Å². The van der Waals surface area contributed by atoms with E-state index in [1.807, 2.05) is 18.2 Å². The highest BCUT2D eigenvalue weighted by Crippen LogP contribution is 2.29. The van der Waals surface area contributed by atoms with E-state index < -0.39 is 12.2 Å². The minimum Gasteiger partial charge on any atom is -0.441 e. The molecule has 4 unspecified atom stereocenters. The Labute approximate surface area is 204 Å². The van der Waals surface area contributed by atoms with Crippen molar-refractivity contribution in [3.05, 3.63) is 90.0 Å². The molecule has 180 valence electrons. The Morgan fingerprint density at radius 3 is 2.26 bits per heavy atom. The van der Waals surface area contributed by atoms with Crippen LogP contribution >= 0.6 is 0 Å². The zero-order chi connectivity index (χ0) is 24.2. The van der Waals surface area contributed by atoms with Crippen molar-refractivity contribution in [3.63, 3.8) is 0 Å². The van der Waals surface area contributed by atoms with Crippen LogP contribution in [0.1, 0.15) is 22.8 Å².